The first-order chi connectivity index (χ1) is 14.1. The molecule has 1 amide bonds. The van der Waals surface area contributed by atoms with Crippen LogP contribution < -0.4 is 10.1 Å². The van der Waals surface area contributed by atoms with Crippen LogP contribution in [0, 0.1) is 11.8 Å². The SMILES string of the molecule is O=C(O)COC/C=C\C[C@H]1C(=O)NC[C@@H]1COc1ccc(-c2ccccc2)cc1. The van der Waals surface area contributed by atoms with Crippen LogP contribution in [-0.4, -0.2) is 43.3 Å². The molecule has 3 rings (SSSR count). The fraction of sp³-hybridized carbons (Fsp3) is 0.304. The molecule has 1 aliphatic heterocycles. The van der Waals surface area contributed by atoms with E-state index in [0.717, 1.165) is 16.9 Å². The molecule has 0 aliphatic carbocycles. The maximum atomic E-state index is 12.1. The topological polar surface area (TPSA) is 84.9 Å². The summed E-state index contributed by atoms with van der Waals surface area (Å²) < 4.78 is 10.9. The summed E-state index contributed by atoms with van der Waals surface area (Å²) in [5.41, 5.74) is 2.28. The number of aliphatic carboxylic acids is 1. The Morgan fingerprint density at radius 2 is 1.79 bits per heavy atom. The lowest BCUT2D eigenvalue weighted by Gasteiger charge is -2.16. The number of rotatable bonds is 10. The quantitative estimate of drug-likeness (QED) is 0.477. The first-order valence-electron chi connectivity index (χ1n) is 9.64. The van der Waals surface area contributed by atoms with E-state index in [1.807, 2.05) is 48.5 Å². The number of amides is 1. The lowest BCUT2D eigenvalue weighted by Crippen LogP contribution is -2.22. The predicted octanol–water partition coefficient (Wildman–Crippen LogP) is 3.14. The zero-order chi connectivity index (χ0) is 20.5. The fourth-order valence-corrected chi connectivity index (χ4v) is 3.30. The van der Waals surface area contributed by atoms with Gasteiger partial charge in [-0.1, -0.05) is 54.6 Å². The van der Waals surface area contributed by atoms with E-state index in [-0.39, 0.29) is 31.0 Å². The third-order valence-electron chi connectivity index (χ3n) is 4.87. The van der Waals surface area contributed by atoms with Crippen molar-refractivity contribution >= 4 is 11.9 Å². The number of nitrogens with one attached hydrogen (secondary N) is 1. The summed E-state index contributed by atoms with van der Waals surface area (Å²) in [7, 11) is 0. The van der Waals surface area contributed by atoms with E-state index in [0.29, 0.717) is 19.6 Å². The minimum absolute atomic E-state index is 0.0223. The molecule has 1 heterocycles. The van der Waals surface area contributed by atoms with Crippen LogP contribution in [0.5, 0.6) is 5.75 Å². The monoisotopic (exact) mass is 395 g/mol. The van der Waals surface area contributed by atoms with Crippen LogP contribution in [0.3, 0.4) is 0 Å². The van der Waals surface area contributed by atoms with Crippen LogP contribution in [-0.2, 0) is 14.3 Å². The number of carbonyl (C=O) groups is 2. The molecule has 2 N–H and O–H groups in total. The van der Waals surface area contributed by atoms with Crippen molar-refractivity contribution < 1.29 is 24.2 Å². The Labute approximate surface area is 170 Å². The molecular formula is C23H25NO5. The number of hydrogen-bond acceptors (Lipinski definition) is 4. The minimum atomic E-state index is -0.998. The van der Waals surface area contributed by atoms with Gasteiger partial charge >= 0.3 is 5.97 Å². The summed E-state index contributed by atoms with van der Waals surface area (Å²) in [5.74, 6) is -0.271. The zero-order valence-electron chi connectivity index (χ0n) is 16.1. The van der Waals surface area contributed by atoms with Crippen LogP contribution in [0.2, 0.25) is 0 Å². The molecule has 2 aromatic carbocycles. The second-order valence-electron chi connectivity index (χ2n) is 6.93. The summed E-state index contributed by atoms with van der Waals surface area (Å²) in [4.78, 5) is 22.5. The third-order valence-corrected chi connectivity index (χ3v) is 4.87. The van der Waals surface area contributed by atoms with E-state index in [1.54, 1.807) is 6.08 Å². The zero-order valence-corrected chi connectivity index (χ0v) is 16.1. The van der Waals surface area contributed by atoms with E-state index in [1.165, 1.54) is 0 Å². The minimum Gasteiger partial charge on any atom is -0.493 e. The molecular weight excluding hydrogens is 370 g/mol. The van der Waals surface area contributed by atoms with Gasteiger partial charge in [0.1, 0.15) is 12.4 Å². The van der Waals surface area contributed by atoms with Gasteiger partial charge in [-0.25, -0.2) is 4.79 Å². The number of hydrogen-bond donors (Lipinski definition) is 2. The molecule has 2 atom stereocenters. The first-order valence-corrected chi connectivity index (χ1v) is 9.64. The Balaban J connectivity index is 1.48. The molecule has 152 valence electrons. The molecule has 6 heteroatoms. The number of allylic oxidation sites excluding steroid dienone is 1. The number of ether oxygens (including phenoxy) is 2. The van der Waals surface area contributed by atoms with Gasteiger partial charge in [-0.15, -0.1) is 0 Å². The van der Waals surface area contributed by atoms with E-state index >= 15 is 0 Å². The molecule has 1 saturated heterocycles. The van der Waals surface area contributed by atoms with Crippen LogP contribution in [0.15, 0.2) is 66.7 Å². The highest BCUT2D eigenvalue weighted by Gasteiger charge is 2.34. The van der Waals surface area contributed by atoms with Gasteiger partial charge in [0.15, 0.2) is 0 Å². The lowest BCUT2D eigenvalue weighted by molar-refractivity contribution is -0.141. The van der Waals surface area contributed by atoms with E-state index in [2.05, 4.69) is 17.4 Å². The fourth-order valence-electron chi connectivity index (χ4n) is 3.30. The normalized spacial score (nSPS) is 18.7. The molecule has 1 fully saturated rings. The van der Waals surface area contributed by atoms with Gasteiger partial charge in [0, 0.05) is 18.4 Å². The summed E-state index contributed by atoms with van der Waals surface area (Å²) in [6.07, 6.45) is 4.18. The van der Waals surface area contributed by atoms with Crippen LogP contribution in [0.4, 0.5) is 0 Å². The van der Waals surface area contributed by atoms with Crippen molar-refractivity contribution in [1.29, 1.82) is 0 Å². The van der Waals surface area contributed by atoms with Crippen molar-refractivity contribution in [2.24, 2.45) is 11.8 Å². The summed E-state index contributed by atoms with van der Waals surface area (Å²) >= 11 is 0. The Kier molecular flexibility index (Phi) is 7.41. The van der Waals surface area contributed by atoms with Crippen molar-refractivity contribution in [2.75, 3.05) is 26.4 Å². The van der Waals surface area contributed by atoms with Gasteiger partial charge in [0.25, 0.3) is 0 Å². The van der Waals surface area contributed by atoms with Crippen molar-refractivity contribution in [2.45, 2.75) is 6.42 Å². The Morgan fingerprint density at radius 3 is 2.52 bits per heavy atom. The summed E-state index contributed by atoms with van der Waals surface area (Å²) in [5, 5.41) is 11.4. The number of carboxylic acid groups (broad SMARTS) is 1. The van der Waals surface area contributed by atoms with E-state index in [9.17, 15) is 9.59 Å². The standard InChI is InChI=1S/C23H25NO5/c25-22(26)16-28-13-5-4-8-21-19(14-24-23(21)27)15-29-20-11-9-18(10-12-20)17-6-2-1-3-7-17/h1-7,9-12,19,21H,8,13-16H2,(H,24,27)(H,25,26)/b5-4-/t19-,21-/m1/s1. The highest BCUT2D eigenvalue weighted by atomic mass is 16.5. The van der Waals surface area contributed by atoms with Crippen molar-refractivity contribution in [3.63, 3.8) is 0 Å². The number of carboxylic acids is 1. The molecule has 1 aliphatic rings. The second kappa shape index (κ2) is 10.4. The molecule has 0 bridgehead atoms. The molecule has 2 aromatic rings. The molecule has 29 heavy (non-hydrogen) atoms. The average molecular weight is 395 g/mol. The van der Waals surface area contributed by atoms with Gasteiger partial charge in [0.05, 0.1) is 13.2 Å². The first kappa shape index (κ1) is 20.6. The Hall–Kier alpha value is -3.12. The van der Waals surface area contributed by atoms with Gasteiger partial charge in [-0.3, -0.25) is 4.79 Å². The second-order valence-corrected chi connectivity index (χ2v) is 6.93. The molecule has 0 spiro atoms. The molecule has 6 nitrogen and oxygen atoms in total. The number of benzene rings is 2. The van der Waals surface area contributed by atoms with Crippen LogP contribution >= 0.6 is 0 Å². The molecule has 0 radical (unpaired) electrons. The maximum Gasteiger partial charge on any atom is 0.329 e. The van der Waals surface area contributed by atoms with E-state index in [4.69, 9.17) is 14.6 Å². The van der Waals surface area contributed by atoms with Crippen molar-refractivity contribution in [3.05, 3.63) is 66.7 Å². The van der Waals surface area contributed by atoms with E-state index < -0.39 is 5.97 Å². The van der Waals surface area contributed by atoms with Crippen molar-refractivity contribution in [3.8, 4) is 16.9 Å². The predicted molar refractivity (Wildman–Crippen MR) is 110 cm³/mol. The summed E-state index contributed by atoms with van der Waals surface area (Å²) in [6, 6.07) is 18.1. The number of carbonyl (C=O) groups excluding carboxylic acids is 1. The van der Waals surface area contributed by atoms with Crippen LogP contribution in [0.1, 0.15) is 6.42 Å². The summed E-state index contributed by atoms with van der Waals surface area (Å²) in [6.45, 7) is 0.940. The largest absolute Gasteiger partial charge is 0.493 e. The lowest BCUT2D eigenvalue weighted by atomic mass is 9.93. The Morgan fingerprint density at radius 1 is 1.07 bits per heavy atom. The van der Waals surface area contributed by atoms with Gasteiger partial charge in [-0.2, -0.15) is 0 Å². The molecule has 0 aromatic heterocycles. The van der Waals surface area contributed by atoms with Gasteiger partial charge < -0.3 is 19.9 Å². The highest BCUT2D eigenvalue weighted by Crippen LogP contribution is 2.25. The molecule has 0 unspecified atom stereocenters. The van der Waals surface area contributed by atoms with Crippen LogP contribution in [0.25, 0.3) is 11.1 Å². The Bertz CT molecular complexity index is 832. The molecule has 0 saturated carbocycles. The van der Waals surface area contributed by atoms with Crippen molar-refractivity contribution in [1.82, 2.24) is 5.32 Å². The average Bonchev–Trinajstić information content (AvgIpc) is 3.09. The highest BCUT2D eigenvalue weighted by molar-refractivity contribution is 5.81. The van der Waals surface area contributed by atoms with Gasteiger partial charge in [0.2, 0.25) is 5.91 Å². The maximum absolute atomic E-state index is 12.1. The van der Waals surface area contributed by atoms with Gasteiger partial charge in [-0.05, 0) is 29.7 Å². The smallest absolute Gasteiger partial charge is 0.329 e. The third kappa shape index (κ3) is 6.19.